The second-order valence-corrected chi connectivity index (χ2v) is 7.68. The third-order valence-corrected chi connectivity index (χ3v) is 5.47. The summed E-state index contributed by atoms with van der Waals surface area (Å²) in [6.45, 7) is 4.69. The molecule has 7 nitrogen and oxygen atoms in total. The number of amides is 2. The topological polar surface area (TPSA) is 96.3 Å². The molecule has 1 unspecified atom stereocenters. The van der Waals surface area contributed by atoms with Gasteiger partial charge < -0.3 is 20.3 Å². The summed E-state index contributed by atoms with van der Waals surface area (Å²) in [5.41, 5.74) is 3.39. The van der Waals surface area contributed by atoms with Crippen LogP contribution in [0.15, 0.2) is 36.9 Å². The van der Waals surface area contributed by atoms with Crippen LogP contribution < -0.4 is 10.6 Å². The number of carbonyl (C=O) groups is 2. The molecule has 0 saturated heterocycles. The molecule has 1 heterocycles. The molecule has 1 saturated carbocycles. The van der Waals surface area contributed by atoms with Gasteiger partial charge in [0.1, 0.15) is 0 Å². The molecule has 1 atom stereocenters. The molecule has 1 aromatic heterocycles. The van der Waals surface area contributed by atoms with Gasteiger partial charge in [0.25, 0.3) is 0 Å². The highest BCUT2D eigenvalue weighted by molar-refractivity contribution is 5.75. The summed E-state index contributed by atoms with van der Waals surface area (Å²) in [7, 11) is 0. The maximum absolute atomic E-state index is 12.7. The number of nitrogens with one attached hydrogen (secondary N) is 2. The highest BCUT2D eigenvalue weighted by Crippen LogP contribution is 2.25. The van der Waals surface area contributed by atoms with Crippen molar-refractivity contribution in [3.8, 4) is 0 Å². The second-order valence-electron chi connectivity index (χ2n) is 7.68. The minimum Gasteiger partial charge on any atom is -0.481 e. The van der Waals surface area contributed by atoms with Gasteiger partial charge in [-0.15, -0.1) is 0 Å². The van der Waals surface area contributed by atoms with E-state index in [0.29, 0.717) is 32.2 Å². The van der Waals surface area contributed by atoms with Crippen LogP contribution in [-0.4, -0.2) is 32.7 Å². The lowest BCUT2D eigenvalue weighted by atomic mass is 9.86. The van der Waals surface area contributed by atoms with Gasteiger partial charge in [0.15, 0.2) is 0 Å². The maximum Gasteiger partial charge on any atom is 0.315 e. The van der Waals surface area contributed by atoms with Gasteiger partial charge in [-0.25, -0.2) is 9.78 Å². The lowest BCUT2D eigenvalue weighted by molar-refractivity contribution is -0.142. The monoisotopic (exact) mass is 384 g/mol. The van der Waals surface area contributed by atoms with Gasteiger partial charge in [0.05, 0.1) is 18.3 Å². The zero-order valence-electron chi connectivity index (χ0n) is 16.4. The van der Waals surface area contributed by atoms with Crippen molar-refractivity contribution in [2.24, 2.45) is 5.92 Å². The van der Waals surface area contributed by atoms with E-state index >= 15 is 0 Å². The number of nitrogens with zero attached hydrogens (tertiary/aromatic N) is 2. The van der Waals surface area contributed by atoms with E-state index in [0.717, 1.165) is 11.1 Å². The fraction of sp³-hybridized carbons (Fsp3) is 0.476. The number of urea groups is 1. The molecular formula is C21H28N4O3. The summed E-state index contributed by atoms with van der Waals surface area (Å²) in [5.74, 6) is -1.02. The summed E-state index contributed by atoms with van der Waals surface area (Å²) >= 11 is 0. The predicted molar refractivity (Wildman–Crippen MR) is 106 cm³/mol. The van der Waals surface area contributed by atoms with Gasteiger partial charge in [-0.2, -0.15) is 0 Å². The van der Waals surface area contributed by atoms with Gasteiger partial charge in [-0.1, -0.05) is 23.8 Å². The van der Waals surface area contributed by atoms with Crippen LogP contribution in [0.3, 0.4) is 0 Å². The van der Waals surface area contributed by atoms with Crippen molar-refractivity contribution in [2.75, 3.05) is 0 Å². The molecule has 0 bridgehead atoms. The molecular weight excluding hydrogens is 356 g/mol. The number of aliphatic carboxylic acids is 1. The van der Waals surface area contributed by atoms with Crippen LogP contribution in [0.2, 0.25) is 0 Å². The van der Waals surface area contributed by atoms with E-state index in [1.807, 2.05) is 10.8 Å². The Morgan fingerprint density at radius 2 is 2.00 bits per heavy atom. The number of imidazole rings is 1. The number of carbonyl (C=O) groups excluding carboxylic acids is 1. The van der Waals surface area contributed by atoms with E-state index in [4.69, 9.17) is 5.11 Å². The van der Waals surface area contributed by atoms with Crippen LogP contribution in [0.25, 0.3) is 0 Å². The van der Waals surface area contributed by atoms with E-state index < -0.39 is 5.97 Å². The zero-order chi connectivity index (χ0) is 20.1. The van der Waals surface area contributed by atoms with Crippen molar-refractivity contribution in [1.29, 1.82) is 0 Å². The average molecular weight is 384 g/mol. The smallest absolute Gasteiger partial charge is 0.315 e. The molecule has 1 fully saturated rings. The number of hydrogen-bond acceptors (Lipinski definition) is 3. The van der Waals surface area contributed by atoms with Gasteiger partial charge in [-0.3, -0.25) is 4.79 Å². The fourth-order valence-electron chi connectivity index (χ4n) is 3.91. The minimum atomic E-state index is -0.738. The Bertz CT molecular complexity index is 811. The highest BCUT2D eigenvalue weighted by atomic mass is 16.4. The number of benzene rings is 1. The molecule has 2 amide bonds. The lowest BCUT2D eigenvalue weighted by Crippen LogP contribution is -2.46. The van der Waals surface area contributed by atoms with E-state index in [9.17, 15) is 9.59 Å². The molecule has 0 radical (unpaired) electrons. The van der Waals surface area contributed by atoms with E-state index in [-0.39, 0.29) is 24.0 Å². The van der Waals surface area contributed by atoms with Crippen molar-refractivity contribution in [2.45, 2.75) is 58.2 Å². The van der Waals surface area contributed by atoms with Gasteiger partial charge >= 0.3 is 12.0 Å². The number of aryl methyl sites for hydroxylation is 2. The Kier molecular flexibility index (Phi) is 6.34. The molecule has 7 heteroatoms. The highest BCUT2D eigenvalue weighted by Gasteiger charge is 2.27. The molecule has 2 aromatic rings. The summed E-state index contributed by atoms with van der Waals surface area (Å²) in [6.07, 6.45) is 7.94. The normalized spacial score (nSPS) is 20.4. The number of rotatable bonds is 6. The first kappa shape index (κ1) is 19.9. The second kappa shape index (κ2) is 8.91. The Balaban J connectivity index is 1.65. The summed E-state index contributed by atoms with van der Waals surface area (Å²) in [6, 6.07) is 5.83. The van der Waals surface area contributed by atoms with Crippen LogP contribution in [0.5, 0.6) is 0 Å². The maximum atomic E-state index is 12.7. The fourth-order valence-corrected chi connectivity index (χ4v) is 3.91. The van der Waals surface area contributed by atoms with Crippen LogP contribution in [0, 0.1) is 19.8 Å². The summed E-state index contributed by atoms with van der Waals surface area (Å²) in [5, 5.41) is 15.2. The van der Waals surface area contributed by atoms with Crippen LogP contribution >= 0.6 is 0 Å². The standard InChI is InChI=1S/C21H28N4O3/c1-14-3-8-18(15(2)11-14)19(12-25-10-9-22-13-25)24-21(28)23-17-6-4-16(5-7-17)20(26)27/h3,8-11,13,16-17,19H,4-7,12H2,1-2H3,(H,26,27)(H2,23,24,28). The molecule has 28 heavy (non-hydrogen) atoms. The Morgan fingerprint density at radius 1 is 1.25 bits per heavy atom. The van der Waals surface area contributed by atoms with Crippen LogP contribution in [-0.2, 0) is 11.3 Å². The first-order valence-electron chi connectivity index (χ1n) is 9.75. The molecule has 150 valence electrons. The number of carboxylic acids is 1. The molecule has 0 spiro atoms. The third kappa shape index (κ3) is 5.12. The van der Waals surface area contributed by atoms with E-state index in [1.54, 1.807) is 12.5 Å². The quantitative estimate of drug-likeness (QED) is 0.713. The van der Waals surface area contributed by atoms with Crippen molar-refractivity contribution < 1.29 is 14.7 Å². The zero-order valence-corrected chi connectivity index (χ0v) is 16.4. The average Bonchev–Trinajstić information content (AvgIpc) is 3.15. The van der Waals surface area contributed by atoms with Gasteiger partial charge in [-0.05, 0) is 50.7 Å². The number of aromatic nitrogens is 2. The summed E-state index contributed by atoms with van der Waals surface area (Å²) in [4.78, 5) is 27.8. The van der Waals surface area contributed by atoms with E-state index in [1.165, 1.54) is 5.56 Å². The first-order valence-corrected chi connectivity index (χ1v) is 9.75. The third-order valence-electron chi connectivity index (χ3n) is 5.47. The summed E-state index contributed by atoms with van der Waals surface area (Å²) < 4.78 is 1.95. The van der Waals surface area contributed by atoms with Crippen molar-refractivity contribution in [1.82, 2.24) is 20.2 Å². The lowest BCUT2D eigenvalue weighted by Gasteiger charge is -2.28. The number of carboxylic acid groups (broad SMARTS) is 1. The molecule has 1 aliphatic rings. The first-order chi connectivity index (χ1) is 13.4. The molecule has 3 rings (SSSR count). The number of hydrogen-bond donors (Lipinski definition) is 3. The van der Waals surface area contributed by atoms with Crippen LogP contribution in [0.1, 0.15) is 48.4 Å². The Hall–Kier alpha value is -2.83. The largest absolute Gasteiger partial charge is 0.481 e. The predicted octanol–water partition coefficient (Wildman–Crippen LogP) is 3.18. The molecule has 1 aromatic carbocycles. The van der Waals surface area contributed by atoms with Crippen molar-refractivity contribution >= 4 is 12.0 Å². The van der Waals surface area contributed by atoms with Crippen molar-refractivity contribution in [3.05, 3.63) is 53.6 Å². The molecule has 0 aliphatic heterocycles. The van der Waals surface area contributed by atoms with Crippen LogP contribution in [0.4, 0.5) is 4.79 Å². The molecule has 1 aliphatic carbocycles. The van der Waals surface area contributed by atoms with Crippen molar-refractivity contribution in [3.63, 3.8) is 0 Å². The molecule has 3 N–H and O–H groups in total. The van der Waals surface area contributed by atoms with Gasteiger partial charge in [0.2, 0.25) is 0 Å². The Morgan fingerprint density at radius 3 is 2.61 bits per heavy atom. The minimum absolute atomic E-state index is 0.0172. The van der Waals surface area contributed by atoms with E-state index in [2.05, 4.69) is 47.7 Å². The SMILES string of the molecule is Cc1ccc(C(Cn2ccnc2)NC(=O)NC2CCC(C(=O)O)CC2)c(C)c1. The van der Waals surface area contributed by atoms with Gasteiger partial charge in [0, 0.05) is 25.0 Å². The Labute approximate surface area is 165 Å².